The molecule has 1 aromatic carbocycles. The summed E-state index contributed by atoms with van der Waals surface area (Å²) in [6, 6.07) is 9.40. The van der Waals surface area contributed by atoms with Crippen LogP contribution in [0.2, 0.25) is 0 Å². The van der Waals surface area contributed by atoms with Crippen molar-refractivity contribution >= 4 is 0 Å². The fraction of sp³-hybridized carbons (Fsp3) is 0.667. The van der Waals surface area contributed by atoms with Crippen LogP contribution in [0, 0.1) is 5.92 Å². The van der Waals surface area contributed by atoms with Crippen LogP contribution >= 0.6 is 0 Å². The Morgan fingerprint density at radius 1 is 1.15 bits per heavy atom. The number of benzene rings is 1. The Morgan fingerprint density at radius 2 is 1.90 bits per heavy atom. The topological polar surface area (TPSA) is 29.3 Å². The molecule has 1 aliphatic carbocycles. The third kappa shape index (κ3) is 3.83. The molecule has 2 unspecified atom stereocenters. The zero-order chi connectivity index (χ0) is 14.4. The molecule has 2 atom stereocenters. The van der Waals surface area contributed by atoms with Crippen molar-refractivity contribution in [1.82, 2.24) is 4.90 Å². The lowest BCUT2D eigenvalue weighted by Crippen LogP contribution is -2.38. The molecule has 0 aromatic heterocycles. The van der Waals surface area contributed by atoms with E-state index in [1.54, 1.807) is 0 Å². The monoisotopic (exact) mass is 274 g/mol. The van der Waals surface area contributed by atoms with Gasteiger partial charge in [-0.3, -0.25) is 4.90 Å². The van der Waals surface area contributed by atoms with Crippen molar-refractivity contribution in [2.45, 2.75) is 65.1 Å². The Hall–Kier alpha value is -0.860. The molecule has 2 heteroatoms. The van der Waals surface area contributed by atoms with Crippen molar-refractivity contribution in [2.24, 2.45) is 11.7 Å². The largest absolute Gasteiger partial charge is 0.326 e. The lowest BCUT2D eigenvalue weighted by molar-refractivity contribution is 0.127. The third-order valence-corrected chi connectivity index (χ3v) is 4.97. The van der Waals surface area contributed by atoms with Gasteiger partial charge in [0.1, 0.15) is 0 Å². The van der Waals surface area contributed by atoms with Gasteiger partial charge in [-0.2, -0.15) is 0 Å². The molecule has 0 radical (unpaired) electrons. The molecule has 2 N–H and O–H groups in total. The minimum Gasteiger partial charge on any atom is -0.326 e. The van der Waals surface area contributed by atoms with Gasteiger partial charge in [-0.1, -0.05) is 57.4 Å². The van der Waals surface area contributed by atoms with Gasteiger partial charge >= 0.3 is 0 Å². The highest BCUT2D eigenvalue weighted by molar-refractivity contribution is 5.26. The fourth-order valence-electron chi connectivity index (χ4n) is 3.59. The minimum atomic E-state index is 0.649. The number of hydrogen-bond donors (Lipinski definition) is 1. The van der Waals surface area contributed by atoms with Crippen LogP contribution < -0.4 is 5.73 Å². The Kier molecular flexibility index (Phi) is 6.06. The predicted octanol–water partition coefficient (Wildman–Crippen LogP) is 3.94. The molecule has 112 valence electrons. The summed E-state index contributed by atoms with van der Waals surface area (Å²) >= 11 is 0. The van der Waals surface area contributed by atoms with Crippen LogP contribution in [0.4, 0.5) is 0 Å². The first kappa shape index (κ1) is 15.5. The molecule has 0 heterocycles. The first-order valence-corrected chi connectivity index (χ1v) is 8.29. The second kappa shape index (κ2) is 7.80. The van der Waals surface area contributed by atoms with Crippen LogP contribution in [0.1, 0.15) is 57.1 Å². The van der Waals surface area contributed by atoms with Gasteiger partial charge in [0.05, 0.1) is 0 Å². The van der Waals surface area contributed by atoms with Gasteiger partial charge in [0.25, 0.3) is 0 Å². The molecule has 2 rings (SSSR count). The van der Waals surface area contributed by atoms with E-state index in [1.807, 2.05) is 0 Å². The molecule has 0 bridgehead atoms. The second-order valence-electron chi connectivity index (χ2n) is 6.13. The van der Waals surface area contributed by atoms with E-state index in [9.17, 15) is 0 Å². The fourth-order valence-corrected chi connectivity index (χ4v) is 3.59. The first-order chi connectivity index (χ1) is 9.78. The standard InChI is InChI=1S/C18H30N2/c1-3-15-8-7-11-18(12-15)20(4-2)14-17-10-6-5-9-16(17)13-19/h5-6,9-10,15,18H,3-4,7-8,11-14,19H2,1-2H3. The van der Waals surface area contributed by atoms with Crippen molar-refractivity contribution in [3.05, 3.63) is 35.4 Å². The van der Waals surface area contributed by atoms with Gasteiger partial charge in [-0.15, -0.1) is 0 Å². The van der Waals surface area contributed by atoms with Gasteiger partial charge in [-0.05, 0) is 36.4 Å². The number of rotatable bonds is 6. The van der Waals surface area contributed by atoms with Gasteiger partial charge in [0, 0.05) is 19.1 Å². The molecular weight excluding hydrogens is 244 g/mol. The van der Waals surface area contributed by atoms with Crippen LogP contribution in [0.25, 0.3) is 0 Å². The van der Waals surface area contributed by atoms with E-state index in [2.05, 4.69) is 43.0 Å². The van der Waals surface area contributed by atoms with E-state index in [1.165, 1.54) is 43.2 Å². The van der Waals surface area contributed by atoms with Crippen molar-refractivity contribution in [1.29, 1.82) is 0 Å². The summed E-state index contributed by atoms with van der Waals surface area (Å²) in [6.45, 7) is 7.48. The average Bonchev–Trinajstić information content (AvgIpc) is 2.53. The van der Waals surface area contributed by atoms with E-state index in [-0.39, 0.29) is 0 Å². The third-order valence-electron chi connectivity index (χ3n) is 4.97. The zero-order valence-electron chi connectivity index (χ0n) is 13.1. The van der Waals surface area contributed by atoms with Crippen molar-refractivity contribution in [3.8, 4) is 0 Å². The molecule has 2 nitrogen and oxygen atoms in total. The summed E-state index contributed by atoms with van der Waals surface area (Å²) in [5, 5.41) is 0. The van der Waals surface area contributed by atoms with Crippen LogP contribution in [-0.2, 0) is 13.1 Å². The van der Waals surface area contributed by atoms with E-state index in [0.29, 0.717) is 6.54 Å². The van der Waals surface area contributed by atoms with Crippen LogP contribution in [0.3, 0.4) is 0 Å². The number of hydrogen-bond acceptors (Lipinski definition) is 2. The average molecular weight is 274 g/mol. The SMILES string of the molecule is CCC1CCCC(N(CC)Cc2ccccc2CN)C1. The predicted molar refractivity (Wildman–Crippen MR) is 86.5 cm³/mol. The molecular formula is C18H30N2. The summed E-state index contributed by atoms with van der Waals surface area (Å²) in [6.07, 6.45) is 6.93. The Labute approximate surface area is 124 Å². The van der Waals surface area contributed by atoms with Crippen molar-refractivity contribution < 1.29 is 0 Å². The Bertz CT molecular complexity index is 402. The first-order valence-electron chi connectivity index (χ1n) is 8.29. The highest BCUT2D eigenvalue weighted by atomic mass is 15.1. The zero-order valence-corrected chi connectivity index (χ0v) is 13.1. The maximum atomic E-state index is 5.87. The van der Waals surface area contributed by atoms with E-state index < -0.39 is 0 Å². The normalized spacial score (nSPS) is 23.2. The Morgan fingerprint density at radius 3 is 2.55 bits per heavy atom. The van der Waals surface area contributed by atoms with E-state index in [4.69, 9.17) is 5.73 Å². The van der Waals surface area contributed by atoms with Crippen molar-refractivity contribution in [3.63, 3.8) is 0 Å². The van der Waals surface area contributed by atoms with Crippen LogP contribution in [0.15, 0.2) is 24.3 Å². The molecule has 0 amide bonds. The maximum Gasteiger partial charge on any atom is 0.0239 e. The minimum absolute atomic E-state index is 0.649. The molecule has 1 saturated carbocycles. The lowest BCUT2D eigenvalue weighted by Gasteiger charge is -2.37. The quantitative estimate of drug-likeness (QED) is 0.851. The van der Waals surface area contributed by atoms with Gasteiger partial charge < -0.3 is 5.73 Å². The van der Waals surface area contributed by atoms with Crippen LogP contribution in [-0.4, -0.2) is 17.5 Å². The lowest BCUT2D eigenvalue weighted by atomic mass is 9.83. The molecule has 1 aliphatic rings. The molecule has 1 aromatic rings. The summed E-state index contributed by atoms with van der Waals surface area (Å²) in [4.78, 5) is 2.66. The molecule has 0 aliphatic heterocycles. The molecule has 0 spiro atoms. The summed E-state index contributed by atoms with van der Waals surface area (Å²) < 4.78 is 0. The van der Waals surface area contributed by atoms with E-state index >= 15 is 0 Å². The summed E-state index contributed by atoms with van der Waals surface area (Å²) in [5.41, 5.74) is 8.58. The van der Waals surface area contributed by atoms with Gasteiger partial charge in [0.2, 0.25) is 0 Å². The molecule has 20 heavy (non-hydrogen) atoms. The second-order valence-corrected chi connectivity index (χ2v) is 6.13. The Balaban J connectivity index is 2.04. The maximum absolute atomic E-state index is 5.87. The van der Waals surface area contributed by atoms with Gasteiger partial charge in [-0.25, -0.2) is 0 Å². The smallest absolute Gasteiger partial charge is 0.0239 e. The highest BCUT2D eigenvalue weighted by Crippen LogP contribution is 2.30. The highest BCUT2D eigenvalue weighted by Gasteiger charge is 2.25. The number of nitrogens with zero attached hydrogens (tertiary/aromatic N) is 1. The van der Waals surface area contributed by atoms with Crippen molar-refractivity contribution in [2.75, 3.05) is 6.54 Å². The van der Waals surface area contributed by atoms with Crippen LogP contribution in [0.5, 0.6) is 0 Å². The molecule has 0 saturated heterocycles. The molecule has 1 fully saturated rings. The van der Waals surface area contributed by atoms with E-state index in [0.717, 1.165) is 25.0 Å². The summed E-state index contributed by atoms with van der Waals surface area (Å²) in [5.74, 6) is 0.938. The number of nitrogens with two attached hydrogens (primary N) is 1. The van der Waals surface area contributed by atoms with Gasteiger partial charge in [0.15, 0.2) is 0 Å². The summed E-state index contributed by atoms with van der Waals surface area (Å²) in [7, 11) is 0.